The highest BCUT2D eigenvalue weighted by Gasteiger charge is 2.22. The van der Waals surface area contributed by atoms with Gasteiger partial charge in [-0.1, -0.05) is 60.6 Å². The van der Waals surface area contributed by atoms with Crippen molar-refractivity contribution < 1.29 is 9.18 Å². The van der Waals surface area contributed by atoms with Crippen LogP contribution in [0.5, 0.6) is 0 Å². The van der Waals surface area contributed by atoms with Gasteiger partial charge in [0, 0.05) is 12.7 Å². The van der Waals surface area contributed by atoms with E-state index in [0.29, 0.717) is 29.2 Å². The average molecular weight is 477 g/mol. The Labute approximate surface area is 201 Å². The fourth-order valence-corrected chi connectivity index (χ4v) is 4.52. The molecule has 4 rings (SSSR count). The van der Waals surface area contributed by atoms with Crippen LogP contribution in [-0.2, 0) is 17.9 Å². The minimum atomic E-state index is -0.446. The molecule has 2 heterocycles. The van der Waals surface area contributed by atoms with Gasteiger partial charge in [-0.05, 0) is 48.7 Å². The summed E-state index contributed by atoms with van der Waals surface area (Å²) in [6, 6.07) is 17.3. The Hall–Kier alpha value is -3.52. The van der Waals surface area contributed by atoms with E-state index in [-0.39, 0.29) is 23.8 Å². The first kappa shape index (κ1) is 23.6. The van der Waals surface area contributed by atoms with Crippen LogP contribution >= 0.6 is 11.8 Å². The second-order valence-electron chi connectivity index (χ2n) is 8.00. The number of carbonyl (C=O) groups excluding carboxylic acids is 1. The second-order valence-corrected chi connectivity index (χ2v) is 9.17. The number of carbonyl (C=O) groups is 1. The fourth-order valence-electron chi connectivity index (χ4n) is 3.50. The molecule has 2 aromatic heterocycles. The quantitative estimate of drug-likeness (QED) is 0.300. The summed E-state index contributed by atoms with van der Waals surface area (Å²) in [4.78, 5) is 35.1. The predicted octanol–water partition coefficient (Wildman–Crippen LogP) is 4.47. The number of hydrogen-bond donors (Lipinski definition) is 1. The van der Waals surface area contributed by atoms with Crippen molar-refractivity contribution in [2.45, 2.75) is 43.8 Å². The first-order valence-electron chi connectivity index (χ1n) is 11.0. The minimum Gasteiger partial charge on any atom is -0.351 e. The maximum Gasteiger partial charge on any atom is 0.263 e. The number of thioether (sulfide) groups is 1. The molecule has 8 heteroatoms. The summed E-state index contributed by atoms with van der Waals surface area (Å²) < 4.78 is 14.9. The maximum absolute atomic E-state index is 13.4. The Kier molecular flexibility index (Phi) is 7.37. The van der Waals surface area contributed by atoms with E-state index in [0.717, 1.165) is 16.7 Å². The van der Waals surface area contributed by atoms with Gasteiger partial charge in [-0.25, -0.2) is 14.4 Å². The molecule has 4 aromatic rings. The summed E-state index contributed by atoms with van der Waals surface area (Å²) in [6.07, 6.45) is 2.14. The topological polar surface area (TPSA) is 76.9 Å². The fraction of sp³-hybridized carbons (Fsp3) is 0.231. The van der Waals surface area contributed by atoms with E-state index in [2.05, 4.69) is 15.3 Å². The number of amides is 1. The van der Waals surface area contributed by atoms with E-state index in [4.69, 9.17) is 0 Å². The normalized spacial score (nSPS) is 12.0. The van der Waals surface area contributed by atoms with Gasteiger partial charge in [0.2, 0.25) is 5.91 Å². The number of halogens is 1. The van der Waals surface area contributed by atoms with Crippen molar-refractivity contribution in [1.29, 1.82) is 0 Å². The van der Waals surface area contributed by atoms with Crippen molar-refractivity contribution in [2.24, 2.45) is 0 Å². The molecule has 34 heavy (non-hydrogen) atoms. The molecule has 0 saturated carbocycles. The van der Waals surface area contributed by atoms with Crippen LogP contribution in [0.15, 0.2) is 76.8 Å². The lowest BCUT2D eigenvalue weighted by Crippen LogP contribution is -2.33. The van der Waals surface area contributed by atoms with Gasteiger partial charge in [-0.2, -0.15) is 0 Å². The SMILES string of the molecule is CC[C@H](Sc1nc2ncccc2c(=O)n1Cc1ccc(F)cc1)C(=O)NCc1ccc(C)cc1. The lowest BCUT2D eigenvalue weighted by molar-refractivity contribution is -0.120. The third-order valence-electron chi connectivity index (χ3n) is 5.45. The van der Waals surface area contributed by atoms with Crippen molar-refractivity contribution >= 4 is 28.7 Å². The summed E-state index contributed by atoms with van der Waals surface area (Å²) in [5, 5.41) is 3.33. The number of pyridine rings is 1. The minimum absolute atomic E-state index is 0.128. The standard InChI is InChI=1S/C26H25FN4O2S/c1-3-22(24(32)29-15-18-8-6-17(2)7-9-18)34-26-30-23-21(5-4-14-28-23)25(33)31(26)16-19-10-12-20(27)13-11-19/h4-14,22H,3,15-16H2,1-2H3,(H,29,32)/t22-/m0/s1. The van der Waals surface area contributed by atoms with Gasteiger partial charge < -0.3 is 5.32 Å². The average Bonchev–Trinajstić information content (AvgIpc) is 2.85. The second kappa shape index (κ2) is 10.6. The van der Waals surface area contributed by atoms with Crippen LogP contribution in [0.4, 0.5) is 4.39 Å². The van der Waals surface area contributed by atoms with Crippen molar-refractivity contribution in [2.75, 3.05) is 0 Å². The Bertz CT molecular complexity index is 1350. The van der Waals surface area contributed by atoms with Crippen LogP contribution in [0.3, 0.4) is 0 Å². The van der Waals surface area contributed by atoms with Gasteiger partial charge in [0.25, 0.3) is 5.56 Å². The van der Waals surface area contributed by atoms with Crippen LogP contribution < -0.4 is 10.9 Å². The zero-order valence-electron chi connectivity index (χ0n) is 19.0. The smallest absolute Gasteiger partial charge is 0.263 e. The molecular weight excluding hydrogens is 451 g/mol. The van der Waals surface area contributed by atoms with Gasteiger partial charge in [0.1, 0.15) is 5.82 Å². The highest BCUT2D eigenvalue weighted by atomic mass is 32.2. The third kappa shape index (κ3) is 5.51. The molecule has 0 aliphatic carbocycles. The molecule has 2 aromatic carbocycles. The van der Waals surface area contributed by atoms with Crippen LogP contribution in [0.25, 0.3) is 11.0 Å². The number of benzene rings is 2. The van der Waals surface area contributed by atoms with Crippen molar-refractivity contribution in [1.82, 2.24) is 19.9 Å². The largest absolute Gasteiger partial charge is 0.351 e. The van der Waals surface area contributed by atoms with Gasteiger partial charge in [-0.3, -0.25) is 14.2 Å². The summed E-state index contributed by atoms with van der Waals surface area (Å²) >= 11 is 1.24. The lowest BCUT2D eigenvalue weighted by Gasteiger charge is -2.18. The molecular formula is C26H25FN4O2S. The van der Waals surface area contributed by atoms with Crippen molar-refractivity contribution in [3.05, 3.63) is 99.7 Å². The molecule has 1 N–H and O–H groups in total. The molecule has 0 fully saturated rings. The van der Waals surface area contributed by atoms with Crippen LogP contribution in [0.2, 0.25) is 0 Å². The summed E-state index contributed by atoms with van der Waals surface area (Å²) in [5.74, 6) is -0.473. The number of aromatic nitrogens is 3. The Morgan fingerprint density at radius 3 is 2.50 bits per heavy atom. The third-order valence-corrected chi connectivity index (χ3v) is 6.80. The van der Waals surface area contributed by atoms with E-state index >= 15 is 0 Å². The molecule has 0 spiro atoms. The molecule has 0 bridgehead atoms. The monoisotopic (exact) mass is 476 g/mol. The van der Waals surface area contributed by atoms with E-state index in [1.807, 2.05) is 38.1 Å². The van der Waals surface area contributed by atoms with E-state index in [1.54, 1.807) is 30.5 Å². The van der Waals surface area contributed by atoms with Gasteiger partial charge in [0.15, 0.2) is 10.8 Å². The van der Waals surface area contributed by atoms with E-state index in [1.165, 1.54) is 28.5 Å². The summed E-state index contributed by atoms with van der Waals surface area (Å²) in [5.41, 5.74) is 3.01. The number of aryl methyl sites for hydroxylation is 1. The molecule has 0 aliphatic heterocycles. The van der Waals surface area contributed by atoms with Crippen LogP contribution in [-0.4, -0.2) is 25.7 Å². The predicted molar refractivity (Wildman–Crippen MR) is 132 cm³/mol. The Balaban J connectivity index is 1.61. The maximum atomic E-state index is 13.4. The van der Waals surface area contributed by atoms with E-state index < -0.39 is 5.25 Å². The van der Waals surface area contributed by atoms with Crippen molar-refractivity contribution in [3.63, 3.8) is 0 Å². The summed E-state index contributed by atoms with van der Waals surface area (Å²) in [7, 11) is 0. The number of hydrogen-bond acceptors (Lipinski definition) is 5. The van der Waals surface area contributed by atoms with Crippen LogP contribution in [0, 0.1) is 12.7 Å². The first-order valence-corrected chi connectivity index (χ1v) is 11.9. The number of nitrogens with one attached hydrogen (secondary N) is 1. The molecule has 174 valence electrons. The zero-order valence-corrected chi connectivity index (χ0v) is 19.8. The number of fused-ring (bicyclic) bond motifs is 1. The molecule has 0 unspecified atom stereocenters. The zero-order chi connectivity index (χ0) is 24.1. The first-order chi connectivity index (χ1) is 16.4. The highest BCUT2D eigenvalue weighted by Crippen LogP contribution is 2.25. The van der Waals surface area contributed by atoms with E-state index in [9.17, 15) is 14.0 Å². The van der Waals surface area contributed by atoms with Gasteiger partial charge in [0.05, 0.1) is 17.2 Å². The summed E-state index contributed by atoms with van der Waals surface area (Å²) in [6.45, 7) is 4.57. The number of rotatable bonds is 8. The number of nitrogens with zero attached hydrogens (tertiary/aromatic N) is 3. The van der Waals surface area contributed by atoms with Crippen LogP contribution in [0.1, 0.15) is 30.0 Å². The van der Waals surface area contributed by atoms with Gasteiger partial charge >= 0.3 is 0 Å². The molecule has 0 saturated heterocycles. The molecule has 1 amide bonds. The molecule has 0 radical (unpaired) electrons. The Morgan fingerprint density at radius 1 is 1.09 bits per heavy atom. The van der Waals surface area contributed by atoms with Gasteiger partial charge in [-0.15, -0.1) is 0 Å². The highest BCUT2D eigenvalue weighted by molar-refractivity contribution is 8.00. The molecule has 1 atom stereocenters. The Morgan fingerprint density at radius 2 is 1.79 bits per heavy atom. The molecule has 6 nitrogen and oxygen atoms in total. The molecule has 0 aliphatic rings. The lowest BCUT2D eigenvalue weighted by atomic mass is 10.1. The van der Waals surface area contributed by atoms with Crippen molar-refractivity contribution in [3.8, 4) is 0 Å².